The second kappa shape index (κ2) is 6.30. The van der Waals surface area contributed by atoms with Crippen LogP contribution < -0.4 is 0 Å². The van der Waals surface area contributed by atoms with Gasteiger partial charge in [-0.15, -0.1) is 0 Å². The fourth-order valence-corrected chi connectivity index (χ4v) is 2.94. The number of pyridine rings is 1. The smallest absolute Gasteiger partial charge is 0.175 e. The lowest BCUT2D eigenvalue weighted by atomic mass is 10.1. The predicted molar refractivity (Wildman–Crippen MR) is 78.0 cm³/mol. The Bertz CT molecular complexity index is 588. The lowest BCUT2D eigenvalue weighted by Crippen LogP contribution is -2.13. The summed E-state index contributed by atoms with van der Waals surface area (Å²) in [5, 5.41) is 0.488. The molecule has 0 spiro atoms. The average Bonchev–Trinajstić information content (AvgIpc) is 2.41. The molecule has 1 heterocycles. The van der Waals surface area contributed by atoms with E-state index in [1.54, 1.807) is 6.20 Å². The van der Waals surface area contributed by atoms with Gasteiger partial charge < -0.3 is 0 Å². The molecule has 1 aromatic carbocycles. The van der Waals surface area contributed by atoms with Gasteiger partial charge in [0.05, 0.1) is 5.25 Å². The first-order valence-electron chi connectivity index (χ1n) is 5.65. The van der Waals surface area contributed by atoms with Gasteiger partial charge in [-0.2, -0.15) is 0 Å². The van der Waals surface area contributed by atoms with Gasteiger partial charge >= 0.3 is 0 Å². The highest BCUT2D eigenvalue weighted by Gasteiger charge is 2.18. The molecule has 2 aromatic rings. The van der Waals surface area contributed by atoms with Gasteiger partial charge in [0.2, 0.25) is 0 Å². The van der Waals surface area contributed by atoms with E-state index in [0.717, 1.165) is 9.50 Å². The third-order valence-electron chi connectivity index (χ3n) is 2.51. The highest BCUT2D eigenvalue weighted by molar-refractivity contribution is 9.10. The summed E-state index contributed by atoms with van der Waals surface area (Å²) in [7, 11) is 0. The molecule has 1 aromatic heterocycles. The number of carbonyl (C=O) groups is 1. The van der Waals surface area contributed by atoms with Crippen molar-refractivity contribution in [2.24, 2.45) is 0 Å². The number of aromatic nitrogens is 1. The number of thioether (sulfide) groups is 1. The van der Waals surface area contributed by atoms with Gasteiger partial charge in [0, 0.05) is 16.2 Å². The molecule has 19 heavy (non-hydrogen) atoms. The number of halogens is 2. The Morgan fingerprint density at radius 2 is 2.00 bits per heavy atom. The van der Waals surface area contributed by atoms with Crippen LogP contribution in [0.5, 0.6) is 0 Å². The van der Waals surface area contributed by atoms with Crippen molar-refractivity contribution in [1.82, 2.24) is 4.98 Å². The molecular formula is C14H11BrFNOS. The minimum atomic E-state index is -0.343. The Morgan fingerprint density at radius 3 is 2.63 bits per heavy atom. The van der Waals surface area contributed by atoms with Crippen LogP contribution >= 0.6 is 27.7 Å². The molecular weight excluding hydrogens is 329 g/mol. The molecule has 2 nitrogen and oxygen atoms in total. The minimum Gasteiger partial charge on any atom is -0.293 e. The highest BCUT2D eigenvalue weighted by Crippen LogP contribution is 2.29. The van der Waals surface area contributed by atoms with Crippen LogP contribution in [0.25, 0.3) is 0 Å². The summed E-state index contributed by atoms with van der Waals surface area (Å²) >= 11 is 4.77. The summed E-state index contributed by atoms with van der Waals surface area (Å²) in [6.07, 6.45) is 1.68. The number of nitrogens with zero attached hydrogens (tertiary/aromatic N) is 1. The first kappa shape index (κ1) is 14.2. The molecule has 1 atom stereocenters. The van der Waals surface area contributed by atoms with Crippen molar-refractivity contribution in [2.45, 2.75) is 17.2 Å². The average molecular weight is 340 g/mol. The molecule has 0 fully saturated rings. The number of hydrogen-bond donors (Lipinski definition) is 0. The van der Waals surface area contributed by atoms with Crippen molar-refractivity contribution < 1.29 is 9.18 Å². The van der Waals surface area contributed by atoms with Gasteiger partial charge in [-0.25, -0.2) is 9.37 Å². The molecule has 0 saturated carbocycles. The summed E-state index contributed by atoms with van der Waals surface area (Å²) < 4.78 is 13.7. The largest absolute Gasteiger partial charge is 0.293 e. The first-order valence-corrected chi connectivity index (χ1v) is 7.32. The van der Waals surface area contributed by atoms with Gasteiger partial charge in [-0.3, -0.25) is 4.79 Å². The zero-order valence-corrected chi connectivity index (χ0v) is 12.5. The van der Waals surface area contributed by atoms with Gasteiger partial charge in [0.15, 0.2) is 5.78 Å². The second-order valence-electron chi connectivity index (χ2n) is 3.92. The van der Waals surface area contributed by atoms with Crippen molar-refractivity contribution in [1.29, 1.82) is 0 Å². The number of carbonyl (C=O) groups excluding carboxylic acids is 1. The van der Waals surface area contributed by atoms with Crippen molar-refractivity contribution in [3.8, 4) is 0 Å². The van der Waals surface area contributed by atoms with E-state index >= 15 is 0 Å². The van der Waals surface area contributed by atoms with Crippen LogP contribution in [0, 0.1) is 5.82 Å². The molecule has 0 saturated heterocycles. The van der Waals surface area contributed by atoms with Crippen LogP contribution in [0.4, 0.5) is 4.39 Å². The van der Waals surface area contributed by atoms with E-state index in [4.69, 9.17) is 0 Å². The Kier molecular flexibility index (Phi) is 4.71. The maximum absolute atomic E-state index is 12.8. The minimum absolute atomic E-state index is 0.0393. The van der Waals surface area contributed by atoms with Crippen LogP contribution in [-0.4, -0.2) is 16.0 Å². The third-order valence-corrected chi connectivity index (χ3v) is 4.53. The van der Waals surface area contributed by atoms with E-state index in [0.29, 0.717) is 5.56 Å². The molecule has 0 radical (unpaired) electrons. The first-order chi connectivity index (χ1) is 9.08. The SMILES string of the molecule is CC(Sc1ncccc1Br)C(=O)c1ccc(F)cc1. The van der Waals surface area contributed by atoms with Gasteiger partial charge in [-0.05, 0) is 59.3 Å². The van der Waals surface area contributed by atoms with Crippen molar-refractivity contribution in [3.05, 3.63) is 58.4 Å². The van der Waals surface area contributed by atoms with Crippen molar-refractivity contribution >= 4 is 33.5 Å². The van der Waals surface area contributed by atoms with E-state index < -0.39 is 0 Å². The van der Waals surface area contributed by atoms with E-state index in [1.165, 1.54) is 36.0 Å². The molecule has 1 unspecified atom stereocenters. The van der Waals surface area contributed by atoms with Gasteiger partial charge in [0.1, 0.15) is 10.8 Å². The Morgan fingerprint density at radius 1 is 1.32 bits per heavy atom. The van der Waals surface area contributed by atoms with Crippen LogP contribution in [0.3, 0.4) is 0 Å². The number of Topliss-reactive ketones (excluding diaryl/α,β-unsaturated/α-hetero) is 1. The highest BCUT2D eigenvalue weighted by atomic mass is 79.9. The predicted octanol–water partition coefficient (Wildman–Crippen LogP) is 4.35. The van der Waals surface area contributed by atoms with E-state index in [2.05, 4.69) is 20.9 Å². The van der Waals surface area contributed by atoms with Crippen molar-refractivity contribution in [2.75, 3.05) is 0 Å². The number of benzene rings is 1. The van der Waals surface area contributed by atoms with E-state index in [1.807, 2.05) is 19.1 Å². The van der Waals surface area contributed by atoms with Crippen LogP contribution in [0.2, 0.25) is 0 Å². The summed E-state index contributed by atoms with van der Waals surface area (Å²) in [4.78, 5) is 16.4. The zero-order valence-electron chi connectivity index (χ0n) is 10.1. The Labute approximate surface area is 123 Å². The molecule has 98 valence electrons. The van der Waals surface area contributed by atoms with Gasteiger partial charge in [-0.1, -0.05) is 11.8 Å². The molecule has 0 N–H and O–H groups in total. The summed E-state index contributed by atoms with van der Waals surface area (Å²) in [6, 6.07) is 9.29. The maximum Gasteiger partial charge on any atom is 0.175 e. The number of hydrogen-bond acceptors (Lipinski definition) is 3. The molecule has 0 amide bonds. The van der Waals surface area contributed by atoms with E-state index in [-0.39, 0.29) is 16.9 Å². The monoisotopic (exact) mass is 339 g/mol. The van der Waals surface area contributed by atoms with Crippen molar-refractivity contribution in [3.63, 3.8) is 0 Å². The lowest BCUT2D eigenvalue weighted by molar-refractivity contribution is 0.0994. The molecule has 2 rings (SSSR count). The van der Waals surface area contributed by atoms with Gasteiger partial charge in [0.25, 0.3) is 0 Å². The van der Waals surface area contributed by atoms with Crippen LogP contribution in [0.15, 0.2) is 52.1 Å². The normalized spacial score (nSPS) is 12.2. The summed E-state index contributed by atoms with van der Waals surface area (Å²) in [5.74, 6) is -0.383. The molecule has 0 bridgehead atoms. The van der Waals surface area contributed by atoms with Crippen LogP contribution in [-0.2, 0) is 0 Å². The maximum atomic E-state index is 12.8. The molecule has 0 aliphatic heterocycles. The Hall–Kier alpha value is -1.20. The lowest BCUT2D eigenvalue weighted by Gasteiger charge is -2.10. The fourth-order valence-electron chi connectivity index (χ4n) is 1.53. The molecule has 0 aliphatic carbocycles. The summed E-state index contributed by atoms with van der Waals surface area (Å²) in [5.41, 5.74) is 0.508. The quantitative estimate of drug-likeness (QED) is 0.612. The second-order valence-corrected chi connectivity index (χ2v) is 6.11. The summed E-state index contributed by atoms with van der Waals surface area (Å²) in [6.45, 7) is 1.82. The molecule has 0 aliphatic rings. The van der Waals surface area contributed by atoms with Crippen LogP contribution in [0.1, 0.15) is 17.3 Å². The number of ketones is 1. The topological polar surface area (TPSA) is 30.0 Å². The standard InChI is InChI=1S/C14H11BrFNOS/c1-9(19-14-12(15)3-2-8-17-14)13(18)10-4-6-11(16)7-5-10/h2-9H,1H3. The zero-order chi connectivity index (χ0) is 13.8. The number of rotatable bonds is 4. The third kappa shape index (κ3) is 3.64. The van der Waals surface area contributed by atoms with E-state index in [9.17, 15) is 9.18 Å². The Balaban J connectivity index is 2.12. The molecule has 5 heteroatoms. The fraction of sp³-hybridized carbons (Fsp3) is 0.143.